The Morgan fingerprint density at radius 1 is 0.886 bits per heavy atom. The van der Waals surface area contributed by atoms with Crippen LogP contribution < -0.4 is 10.0 Å². The lowest BCUT2D eigenvalue weighted by atomic mass is 10.1. The fourth-order valence-electron chi connectivity index (χ4n) is 3.21. The van der Waals surface area contributed by atoms with E-state index in [0.717, 1.165) is 5.56 Å². The van der Waals surface area contributed by atoms with Crippen molar-refractivity contribution >= 4 is 33.4 Å². The van der Waals surface area contributed by atoms with E-state index in [2.05, 4.69) is 10.0 Å². The number of amides is 1. The van der Waals surface area contributed by atoms with E-state index in [1.54, 1.807) is 60.7 Å². The van der Waals surface area contributed by atoms with Crippen LogP contribution in [0.4, 0.5) is 5.69 Å². The third kappa shape index (κ3) is 6.84. The third-order valence-corrected chi connectivity index (χ3v) is 6.68. The van der Waals surface area contributed by atoms with Crippen LogP contribution in [-0.4, -0.2) is 32.1 Å². The SMILES string of the molecule is CC(=O)c1cccc(NC(=O)C(OC(=O)[C@H](C)NS(=O)(=O)c2ccc(C)cc2)c2ccccc2)c1. The highest BCUT2D eigenvalue weighted by Crippen LogP contribution is 2.22. The van der Waals surface area contributed by atoms with Crippen LogP contribution >= 0.6 is 0 Å². The molecule has 0 bridgehead atoms. The Balaban J connectivity index is 1.78. The summed E-state index contributed by atoms with van der Waals surface area (Å²) in [4.78, 5) is 37.6. The van der Waals surface area contributed by atoms with Gasteiger partial charge in [0.25, 0.3) is 5.91 Å². The second kappa shape index (κ2) is 11.1. The number of carbonyl (C=O) groups excluding carboxylic acids is 3. The zero-order chi connectivity index (χ0) is 25.6. The van der Waals surface area contributed by atoms with E-state index in [9.17, 15) is 22.8 Å². The molecule has 0 aromatic heterocycles. The average Bonchev–Trinajstić information content (AvgIpc) is 2.83. The largest absolute Gasteiger partial charge is 0.446 e. The highest BCUT2D eigenvalue weighted by molar-refractivity contribution is 7.89. The minimum atomic E-state index is -3.99. The summed E-state index contributed by atoms with van der Waals surface area (Å²) in [5, 5.41) is 2.65. The lowest BCUT2D eigenvalue weighted by molar-refractivity contribution is -0.156. The van der Waals surface area contributed by atoms with Crippen molar-refractivity contribution < 1.29 is 27.5 Å². The third-order valence-electron chi connectivity index (χ3n) is 5.13. The summed E-state index contributed by atoms with van der Waals surface area (Å²) >= 11 is 0. The zero-order valence-electron chi connectivity index (χ0n) is 19.5. The molecule has 2 atom stereocenters. The zero-order valence-corrected chi connectivity index (χ0v) is 20.3. The van der Waals surface area contributed by atoms with Crippen LogP contribution in [0.25, 0.3) is 0 Å². The Bertz CT molecular complexity index is 1320. The molecule has 0 aliphatic rings. The molecule has 9 heteroatoms. The van der Waals surface area contributed by atoms with E-state index >= 15 is 0 Å². The number of carbonyl (C=O) groups is 3. The van der Waals surface area contributed by atoms with Crippen molar-refractivity contribution in [1.82, 2.24) is 4.72 Å². The lowest BCUT2D eigenvalue weighted by Crippen LogP contribution is -2.41. The predicted octanol–water partition coefficient (Wildman–Crippen LogP) is 3.79. The predicted molar refractivity (Wildman–Crippen MR) is 131 cm³/mol. The Morgan fingerprint density at radius 3 is 2.17 bits per heavy atom. The van der Waals surface area contributed by atoms with Gasteiger partial charge in [-0.2, -0.15) is 4.72 Å². The summed E-state index contributed by atoms with van der Waals surface area (Å²) < 4.78 is 33.1. The van der Waals surface area contributed by atoms with Crippen LogP contribution in [0.15, 0.2) is 83.8 Å². The van der Waals surface area contributed by atoms with Gasteiger partial charge in [0, 0.05) is 16.8 Å². The number of hydrogen-bond donors (Lipinski definition) is 2. The Morgan fingerprint density at radius 2 is 1.54 bits per heavy atom. The summed E-state index contributed by atoms with van der Waals surface area (Å²) in [5.74, 6) is -1.75. The summed E-state index contributed by atoms with van der Waals surface area (Å²) in [6.45, 7) is 4.58. The van der Waals surface area contributed by atoms with E-state index in [-0.39, 0.29) is 10.7 Å². The summed E-state index contributed by atoms with van der Waals surface area (Å²) in [6.07, 6.45) is -1.35. The highest BCUT2D eigenvalue weighted by Gasteiger charge is 2.30. The van der Waals surface area contributed by atoms with Crippen LogP contribution in [0.3, 0.4) is 0 Å². The van der Waals surface area contributed by atoms with Crippen molar-refractivity contribution in [2.45, 2.75) is 37.8 Å². The summed E-state index contributed by atoms with van der Waals surface area (Å²) in [7, 11) is -3.99. The van der Waals surface area contributed by atoms with Gasteiger partial charge in [-0.25, -0.2) is 8.42 Å². The summed E-state index contributed by atoms with van der Waals surface area (Å²) in [6, 6.07) is 19.6. The number of aryl methyl sites for hydroxylation is 1. The first-order valence-electron chi connectivity index (χ1n) is 10.8. The molecule has 0 spiro atoms. The topological polar surface area (TPSA) is 119 Å². The number of nitrogens with one attached hydrogen (secondary N) is 2. The fourth-order valence-corrected chi connectivity index (χ4v) is 4.40. The van der Waals surface area contributed by atoms with E-state index in [1.165, 1.54) is 32.0 Å². The molecule has 3 rings (SSSR count). The van der Waals surface area contributed by atoms with Gasteiger partial charge in [0.15, 0.2) is 5.78 Å². The van der Waals surface area contributed by atoms with Crippen molar-refractivity contribution in [2.75, 3.05) is 5.32 Å². The van der Waals surface area contributed by atoms with Crippen molar-refractivity contribution in [3.63, 3.8) is 0 Å². The van der Waals surface area contributed by atoms with Gasteiger partial charge in [-0.3, -0.25) is 14.4 Å². The van der Waals surface area contributed by atoms with E-state index in [0.29, 0.717) is 16.8 Å². The molecule has 0 radical (unpaired) electrons. The minimum absolute atomic E-state index is 0.00505. The number of rotatable bonds is 9. The van der Waals surface area contributed by atoms with Gasteiger partial charge >= 0.3 is 5.97 Å². The van der Waals surface area contributed by atoms with Crippen molar-refractivity contribution in [1.29, 1.82) is 0 Å². The maximum atomic E-state index is 13.1. The van der Waals surface area contributed by atoms with Crippen molar-refractivity contribution in [2.24, 2.45) is 0 Å². The van der Waals surface area contributed by atoms with Crippen LogP contribution in [0.1, 0.15) is 41.4 Å². The second-order valence-corrected chi connectivity index (χ2v) is 9.72. The first-order valence-corrected chi connectivity index (χ1v) is 12.3. The Hall–Kier alpha value is -3.82. The molecule has 0 saturated carbocycles. The van der Waals surface area contributed by atoms with Crippen LogP contribution in [0.5, 0.6) is 0 Å². The van der Waals surface area contributed by atoms with E-state index < -0.39 is 34.0 Å². The van der Waals surface area contributed by atoms with Gasteiger partial charge in [0.05, 0.1) is 4.90 Å². The molecule has 0 saturated heterocycles. The number of ether oxygens (including phenoxy) is 1. The molecule has 0 fully saturated rings. The minimum Gasteiger partial charge on any atom is -0.446 e. The van der Waals surface area contributed by atoms with Gasteiger partial charge in [0.2, 0.25) is 16.1 Å². The second-order valence-electron chi connectivity index (χ2n) is 8.01. The summed E-state index contributed by atoms with van der Waals surface area (Å²) in [5.41, 5.74) is 2.06. The number of ketones is 1. The van der Waals surface area contributed by atoms with Gasteiger partial charge in [-0.15, -0.1) is 0 Å². The van der Waals surface area contributed by atoms with Gasteiger partial charge in [0.1, 0.15) is 6.04 Å². The van der Waals surface area contributed by atoms with Crippen molar-refractivity contribution in [3.05, 3.63) is 95.6 Å². The Labute approximate surface area is 204 Å². The normalized spacial score (nSPS) is 12.9. The van der Waals surface area contributed by atoms with Gasteiger partial charge in [-0.05, 0) is 45.0 Å². The number of Topliss-reactive ketones (excluding diaryl/α,β-unsaturated/α-hetero) is 1. The van der Waals surface area contributed by atoms with Gasteiger partial charge in [-0.1, -0.05) is 60.2 Å². The van der Waals surface area contributed by atoms with Gasteiger partial charge < -0.3 is 10.1 Å². The molecule has 35 heavy (non-hydrogen) atoms. The first-order chi connectivity index (χ1) is 16.6. The number of esters is 1. The first kappa shape index (κ1) is 25.8. The van der Waals surface area contributed by atoms with Crippen molar-refractivity contribution in [3.8, 4) is 0 Å². The molecule has 2 N–H and O–H groups in total. The molecular formula is C26H26N2O6S. The molecular weight excluding hydrogens is 468 g/mol. The quantitative estimate of drug-likeness (QED) is 0.345. The van der Waals surface area contributed by atoms with Crippen LogP contribution in [0.2, 0.25) is 0 Å². The lowest BCUT2D eigenvalue weighted by Gasteiger charge is -2.21. The maximum absolute atomic E-state index is 13.1. The molecule has 3 aromatic rings. The maximum Gasteiger partial charge on any atom is 0.325 e. The molecule has 1 unspecified atom stereocenters. The number of sulfonamides is 1. The number of anilines is 1. The number of benzene rings is 3. The number of hydrogen-bond acceptors (Lipinski definition) is 6. The standard InChI is InChI=1S/C26H26N2O6S/c1-17-12-14-23(15-13-17)35(32,33)28-18(2)26(31)34-24(20-8-5-4-6-9-20)25(30)27-22-11-7-10-21(16-22)19(3)29/h4-16,18,24,28H,1-3H3,(H,27,30)/t18-,24?/m0/s1. The molecule has 8 nitrogen and oxygen atoms in total. The molecule has 0 heterocycles. The Kier molecular flexibility index (Phi) is 8.16. The molecule has 3 aromatic carbocycles. The molecule has 0 aliphatic heterocycles. The smallest absolute Gasteiger partial charge is 0.325 e. The molecule has 0 aliphatic carbocycles. The average molecular weight is 495 g/mol. The van der Waals surface area contributed by atoms with Crippen LogP contribution in [-0.2, 0) is 24.3 Å². The monoisotopic (exact) mass is 494 g/mol. The highest BCUT2D eigenvalue weighted by atomic mass is 32.2. The van der Waals surface area contributed by atoms with Crippen LogP contribution in [0, 0.1) is 6.92 Å². The van der Waals surface area contributed by atoms with E-state index in [4.69, 9.17) is 4.74 Å². The molecule has 182 valence electrons. The van der Waals surface area contributed by atoms with E-state index in [1.807, 2.05) is 6.92 Å². The fraction of sp³-hybridized carbons (Fsp3) is 0.192. The molecule has 1 amide bonds.